The van der Waals surface area contributed by atoms with Crippen LogP contribution in [0, 0.1) is 0 Å². The van der Waals surface area contributed by atoms with Crippen molar-refractivity contribution in [2.75, 3.05) is 0 Å². The lowest BCUT2D eigenvalue weighted by Gasteiger charge is -2.09. The van der Waals surface area contributed by atoms with Gasteiger partial charge in [-0.25, -0.2) is 4.57 Å². The van der Waals surface area contributed by atoms with Crippen LogP contribution < -0.4 is 9.67 Å². The van der Waals surface area contributed by atoms with E-state index in [-0.39, 0.29) is 5.75 Å². The Kier molecular flexibility index (Phi) is 3.09. The van der Waals surface area contributed by atoms with Crippen molar-refractivity contribution in [2.24, 2.45) is 17.3 Å². The first kappa shape index (κ1) is 12.2. The molecule has 2 heterocycles. The third-order valence-corrected chi connectivity index (χ3v) is 2.91. The van der Waals surface area contributed by atoms with E-state index >= 15 is 0 Å². The molecule has 0 bridgehead atoms. The Hall–Kier alpha value is -2.82. The fourth-order valence-electron chi connectivity index (χ4n) is 1.96. The first-order chi connectivity index (χ1) is 9.74. The van der Waals surface area contributed by atoms with Crippen molar-refractivity contribution in [1.82, 2.24) is 4.98 Å². The van der Waals surface area contributed by atoms with Gasteiger partial charge in [0, 0.05) is 17.6 Å². The van der Waals surface area contributed by atoms with Crippen LogP contribution in [0.2, 0.25) is 0 Å². The summed E-state index contributed by atoms with van der Waals surface area (Å²) >= 11 is 0. The van der Waals surface area contributed by atoms with Crippen molar-refractivity contribution in [3.8, 4) is 5.75 Å². The number of azo groups is 1. The molecular weight excluding hydrogens is 252 g/mol. The quantitative estimate of drug-likeness (QED) is 0.527. The number of hydrogen-bond acceptors (Lipinski definition) is 4. The maximum absolute atomic E-state index is 11.7. The Balaban J connectivity index is 2.05. The van der Waals surface area contributed by atoms with E-state index in [0.717, 1.165) is 5.69 Å². The third kappa shape index (κ3) is 2.33. The van der Waals surface area contributed by atoms with Gasteiger partial charge in [-0.2, -0.15) is 0 Å². The van der Waals surface area contributed by atoms with Crippen LogP contribution in [-0.4, -0.2) is 4.98 Å². The summed E-state index contributed by atoms with van der Waals surface area (Å²) in [5, 5.41) is 20.8. The Labute approximate surface area is 115 Å². The predicted octanol–water partition coefficient (Wildman–Crippen LogP) is 2.55. The van der Waals surface area contributed by atoms with E-state index in [9.17, 15) is 5.11 Å². The molecule has 2 aromatic heterocycles. The number of hydrogen-bond donors (Lipinski definition) is 0. The zero-order valence-corrected chi connectivity index (χ0v) is 10.9. The monoisotopic (exact) mass is 264 g/mol. The lowest BCUT2D eigenvalue weighted by molar-refractivity contribution is -0.670. The predicted molar refractivity (Wildman–Crippen MR) is 73.0 cm³/mol. The van der Waals surface area contributed by atoms with Crippen molar-refractivity contribution in [3.63, 3.8) is 0 Å². The first-order valence-electron chi connectivity index (χ1n) is 6.16. The van der Waals surface area contributed by atoms with Crippen LogP contribution in [-0.2, 0) is 7.05 Å². The second-order valence-corrected chi connectivity index (χ2v) is 4.41. The number of aromatic nitrogens is 2. The zero-order chi connectivity index (χ0) is 13.9. The van der Waals surface area contributed by atoms with Crippen molar-refractivity contribution < 1.29 is 9.67 Å². The normalized spacial score (nSPS) is 11.2. The molecular formula is C15H12N4O. The van der Waals surface area contributed by atoms with E-state index in [1.165, 1.54) is 6.07 Å². The van der Waals surface area contributed by atoms with Crippen LogP contribution in [0.15, 0.2) is 65.2 Å². The number of pyridine rings is 2. The average Bonchev–Trinajstić information content (AvgIpc) is 2.46. The molecule has 0 saturated heterocycles. The lowest BCUT2D eigenvalue weighted by Crippen LogP contribution is -2.25. The molecule has 5 nitrogen and oxygen atoms in total. The summed E-state index contributed by atoms with van der Waals surface area (Å²) < 4.78 is 1.90. The standard InChI is InChI=1S/C15H12N4O/c1-19-9-3-4-11(10-19)17-18-13-7-8-16-15-12(13)5-2-6-14(15)20/h2-10H,1H3. The van der Waals surface area contributed by atoms with E-state index < -0.39 is 0 Å². The molecule has 5 heteroatoms. The minimum atomic E-state index is -0.106. The molecule has 0 amide bonds. The van der Waals surface area contributed by atoms with E-state index in [2.05, 4.69) is 15.2 Å². The third-order valence-electron chi connectivity index (χ3n) is 2.91. The van der Waals surface area contributed by atoms with Crippen molar-refractivity contribution in [3.05, 3.63) is 55.0 Å². The maximum Gasteiger partial charge on any atom is 0.196 e. The lowest BCUT2D eigenvalue weighted by atomic mass is 10.2. The number of aryl methyl sites for hydroxylation is 1. The summed E-state index contributed by atoms with van der Waals surface area (Å²) in [6, 6.07) is 10.5. The van der Waals surface area contributed by atoms with E-state index in [4.69, 9.17) is 0 Å². The van der Waals surface area contributed by atoms with Crippen molar-refractivity contribution in [1.29, 1.82) is 0 Å². The van der Waals surface area contributed by atoms with Gasteiger partial charge in [0.15, 0.2) is 12.4 Å². The molecule has 0 spiro atoms. The zero-order valence-electron chi connectivity index (χ0n) is 10.9. The van der Waals surface area contributed by atoms with Gasteiger partial charge in [-0.05, 0) is 12.1 Å². The van der Waals surface area contributed by atoms with E-state index in [0.29, 0.717) is 16.6 Å². The summed E-state index contributed by atoms with van der Waals surface area (Å²) in [6.07, 6.45) is 5.36. The molecule has 3 aromatic rings. The van der Waals surface area contributed by atoms with Gasteiger partial charge in [-0.3, -0.25) is 4.98 Å². The fourth-order valence-corrected chi connectivity index (χ4v) is 1.96. The largest absolute Gasteiger partial charge is 0.871 e. The Morgan fingerprint density at radius 2 is 2.00 bits per heavy atom. The molecule has 0 saturated carbocycles. The molecule has 0 unspecified atom stereocenters. The second-order valence-electron chi connectivity index (χ2n) is 4.41. The molecule has 0 N–H and O–H groups in total. The molecule has 98 valence electrons. The highest BCUT2D eigenvalue weighted by Gasteiger charge is 2.01. The van der Waals surface area contributed by atoms with E-state index in [1.807, 2.05) is 42.2 Å². The van der Waals surface area contributed by atoms with Crippen molar-refractivity contribution >= 4 is 22.3 Å². The van der Waals surface area contributed by atoms with Gasteiger partial charge in [0.05, 0.1) is 11.2 Å². The Morgan fingerprint density at radius 1 is 1.10 bits per heavy atom. The fraction of sp³-hybridized carbons (Fsp3) is 0.0667. The molecule has 3 rings (SSSR count). The molecule has 0 fully saturated rings. The number of para-hydroxylation sites is 1. The van der Waals surface area contributed by atoms with Gasteiger partial charge in [-0.1, -0.05) is 23.9 Å². The molecule has 0 radical (unpaired) electrons. The average molecular weight is 264 g/mol. The second kappa shape index (κ2) is 5.05. The highest BCUT2D eigenvalue weighted by Crippen LogP contribution is 2.29. The molecule has 0 aliphatic carbocycles. The van der Waals surface area contributed by atoms with Crippen LogP contribution in [0.3, 0.4) is 0 Å². The van der Waals surface area contributed by atoms with Gasteiger partial charge >= 0.3 is 0 Å². The number of rotatable bonds is 2. The number of fused-ring (bicyclic) bond motifs is 1. The molecule has 0 aliphatic heterocycles. The summed E-state index contributed by atoms with van der Waals surface area (Å²) in [7, 11) is 1.92. The van der Waals surface area contributed by atoms with Crippen LogP contribution >= 0.6 is 0 Å². The van der Waals surface area contributed by atoms with Gasteiger partial charge in [0.25, 0.3) is 0 Å². The SMILES string of the molecule is C[n+]1cccc(N=Nc2ccnc3c([O-])cccc23)c1. The minimum absolute atomic E-state index is 0.106. The molecule has 0 atom stereocenters. The summed E-state index contributed by atoms with van der Waals surface area (Å²) in [5.41, 5.74) is 1.81. The number of benzene rings is 1. The topological polar surface area (TPSA) is 64.5 Å². The minimum Gasteiger partial charge on any atom is -0.871 e. The summed E-state index contributed by atoms with van der Waals surface area (Å²) in [6.45, 7) is 0. The summed E-state index contributed by atoms with van der Waals surface area (Å²) in [5.74, 6) is -0.106. The van der Waals surface area contributed by atoms with Crippen LogP contribution in [0.25, 0.3) is 10.9 Å². The van der Waals surface area contributed by atoms with Gasteiger partial charge in [0.2, 0.25) is 0 Å². The Morgan fingerprint density at radius 3 is 2.85 bits per heavy atom. The summed E-state index contributed by atoms with van der Waals surface area (Å²) in [4.78, 5) is 4.09. The van der Waals surface area contributed by atoms with Crippen molar-refractivity contribution in [2.45, 2.75) is 0 Å². The first-order valence-corrected chi connectivity index (χ1v) is 6.16. The highest BCUT2D eigenvalue weighted by molar-refractivity contribution is 5.92. The molecule has 0 aliphatic rings. The van der Waals surface area contributed by atoms with Gasteiger partial charge in [0.1, 0.15) is 12.7 Å². The highest BCUT2D eigenvalue weighted by atomic mass is 16.3. The maximum atomic E-state index is 11.7. The molecule has 20 heavy (non-hydrogen) atoms. The van der Waals surface area contributed by atoms with Gasteiger partial charge < -0.3 is 5.11 Å². The van der Waals surface area contributed by atoms with Crippen LogP contribution in [0.4, 0.5) is 11.4 Å². The molecule has 1 aromatic carbocycles. The number of nitrogens with zero attached hydrogens (tertiary/aromatic N) is 4. The van der Waals surface area contributed by atoms with E-state index in [1.54, 1.807) is 18.3 Å². The van der Waals surface area contributed by atoms with Crippen LogP contribution in [0.5, 0.6) is 5.75 Å². The van der Waals surface area contributed by atoms with Gasteiger partial charge in [-0.15, -0.1) is 10.2 Å². The Bertz CT molecular complexity index is 799. The van der Waals surface area contributed by atoms with Crippen LogP contribution in [0.1, 0.15) is 0 Å². The smallest absolute Gasteiger partial charge is 0.196 e.